The molecular formula is C11H18N2O4. The summed E-state index contributed by atoms with van der Waals surface area (Å²) in [5, 5.41) is 12.2. The van der Waals surface area contributed by atoms with Crippen LogP contribution in [0.1, 0.15) is 12.8 Å². The Morgan fingerprint density at radius 3 is 2.88 bits per heavy atom. The Morgan fingerprint density at radius 2 is 2.24 bits per heavy atom. The SMILES string of the molecule is O=C(O)C1COCCN1C(=O)[C@H]1CCCNC1. The zero-order chi connectivity index (χ0) is 12.3. The lowest BCUT2D eigenvalue weighted by Gasteiger charge is -2.36. The minimum Gasteiger partial charge on any atom is -0.480 e. The van der Waals surface area contributed by atoms with Crippen LogP contribution in [0.25, 0.3) is 0 Å². The van der Waals surface area contributed by atoms with Crippen molar-refractivity contribution in [2.45, 2.75) is 18.9 Å². The van der Waals surface area contributed by atoms with Gasteiger partial charge in [0.05, 0.1) is 19.1 Å². The normalized spacial score (nSPS) is 30.0. The van der Waals surface area contributed by atoms with Gasteiger partial charge in [0.2, 0.25) is 5.91 Å². The zero-order valence-corrected chi connectivity index (χ0v) is 9.72. The molecule has 0 spiro atoms. The highest BCUT2D eigenvalue weighted by molar-refractivity contribution is 5.85. The van der Waals surface area contributed by atoms with Crippen LogP contribution in [0.4, 0.5) is 0 Å². The van der Waals surface area contributed by atoms with Crippen LogP contribution in [0.2, 0.25) is 0 Å². The molecule has 0 bridgehead atoms. The first-order chi connectivity index (χ1) is 8.20. The molecule has 2 N–H and O–H groups in total. The molecule has 2 fully saturated rings. The number of carboxylic acid groups (broad SMARTS) is 1. The van der Waals surface area contributed by atoms with Crippen LogP contribution < -0.4 is 5.32 Å². The predicted octanol–water partition coefficient (Wildman–Crippen LogP) is -0.702. The molecule has 2 heterocycles. The third-order valence-electron chi connectivity index (χ3n) is 3.34. The summed E-state index contributed by atoms with van der Waals surface area (Å²) in [6, 6.07) is -0.821. The summed E-state index contributed by atoms with van der Waals surface area (Å²) in [5.74, 6) is -1.11. The van der Waals surface area contributed by atoms with E-state index in [4.69, 9.17) is 9.84 Å². The van der Waals surface area contributed by atoms with E-state index < -0.39 is 12.0 Å². The van der Waals surface area contributed by atoms with Gasteiger partial charge in [-0.1, -0.05) is 0 Å². The number of nitrogens with one attached hydrogen (secondary N) is 1. The van der Waals surface area contributed by atoms with E-state index in [-0.39, 0.29) is 18.4 Å². The molecule has 0 radical (unpaired) electrons. The van der Waals surface area contributed by atoms with Gasteiger partial charge in [0.25, 0.3) is 0 Å². The summed E-state index contributed by atoms with van der Waals surface area (Å²) in [4.78, 5) is 24.8. The Hall–Kier alpha value is -1.14. The van der Waals surface area contributed by atoms with Gasteiger partial charge in [-0.25, -0.2) is 4.79 Å². The quantitative estimate of drug-likeness (QED) is 0.669. The molecule has 2 rings (SSSR count). The Kier molecular flexibility index (Phi) is 3.96. The van der Waals surface area contributed by atoms with Gasteiger partial charge in [-0.15, -0.1) is 0 Å². The number of nitrogens with zero attached hydrogens (tertiary/aromatic N) is 1. The number of rotatable bonds is 2. The highest BCUT2D eigenvalue weighted by Crippen LogP contribution is 2.17. The number of carboxylic acids is 1. The number of piperidine rings is 1. The summed E-state index contributed by atoms with van der Waals surface area (Å²) in [6.07, 6.45) is 1.81. The van der Waals surface area contributed by atoms with Crippen molar-refractivity contribution in [3.8, 4) is 0 Å². The number of hydrogen-bond acceptors (Lipinski definition) is 4. The molecule has 6 heteroatoms. The van der Waals surface area contributed by atoms with Gasteiger partial charge < -0.3 is 20.1 Å². The van der Waals surface area contributed by atoms with Crippen LogP contribution in [-0.4, -0.2) is 60.8 Å². The molecule has 17 heavy (non-hydrogen) atoms. The van der Waals surface area contributed by atoms with Gasteiger partial charge >= 0.3 is 5.97 Å². The van der Waals surface area contributed by atoms with Crippen molar-refractivity contribution < 1.29 is 19.4 Å². The Labute approximate surface area is 99.9 Å². The van der Waals surface area contributed by atoms with E-state index in [1.165, 1.54) is 4.90 Å². The standard InChI is InChI=1S/C11H18N2O4/c14-10(8-2-1-3-12-6-8)13-4-5-17-7-9(13)11(15)16/h8-9,12H,1-7H2,(H,15,16)/t8-,9?/m0/s1. The van der Waals surface area contributed by atoms with Gasteiger partial charge in [0.15, 0.2) is 6.04 Å². The molecule has 2 aliphatic heterocycles. The van der Waals surface area contributed by atoms with Crippen LogP contribution >= 0.6 is 0 Å². The largest absolute Gasteiger partial charge is 0.480 e. The number of ether oxygens (including phenoxy) is 1. The first kappa shape index (κ1) is 12.3. The molecule has 2 saturated heterocycles. The first-order valence-corrected chi connectivity index (χ1v) is 6.02. The summed E-state index contributed by atoms with van der Waals surface area (Å²) >= 11 is 0. The number of carbonyl (C=O) groups is 2. The highest BCUT2D eigenvalue weighted by atomic mass is 16.5. The Balaban J connectivity index is 2.02. The molecule has 0 aliphatic carbocycles. The highest BCUT2D eigenvalue weighted by Gasteiger charge is 2.36. The molecule has 2 atom stereocenters. The van der Waals surface area contributed by atoms with Gasteiger partial charge in [-0.05, 0) is 19.4 Å². The fourth-order valence-electron chi connectivity index (χ4n) is 2.37. The van der Waals surface area contributed by atoms with Crippen LogP contribution in [0.3, 0.4) is 0 Å². The molecule has 1 amide bonds. The first-order valence-electron chi connectivity index (χ1n) is 6.02. The van der Waals surface area contributed by atoms with Crippen molar-refractivity contribution in [1.29, 1.82) is 0 Å². The lowest BCUT2D eigenvalue weighted by atomic mass is 9.97. The molecule has 0 aromatic heterocycles. The third-order valence-corrected chi connectivity index (χ3v) is 3.34. The molecule has 6 nitrogen and oxygen atoms in total. The van der Waals surface area contributed by atoms with Crippen molar-refractivity contribution in [2.24, 2.45) is 5.92 Å². The predicted molar refractivity (Wildman–Crippen MR) is 59.5 cm³/mol. The third kappa shape index (κ3) is 2.76. The summed E-state index contributed by atoms with van der Waals surface area (Å²) < 4.78 is 5.12. The van der Waals surface area contributed by atoms with E-state index in [1.54, 1.807) is 0 Å². The maximum absolute atomic E-state index is 12.2. The molecule has 2 aliphatic rings. The van der Waals surface area contributed by atoms with E-state index >= 15 is 0 Å². The average molecular weight is 242 g/mol. The fourth-order valence-corrected chi connectivity index (χ4v) is 2.37. The number of morpholine rings is 1. The van der Waals surface area contributed by atoms with Crippen LogP contribution in [0, 0.1) is 5.92 Å². The molecule has 0 aromatic carbocycles. The van der Waals surface area contributed by atoms with Crippen molar-refractivity contribution in [3.05, 3.63) is 0 Å². The minimum atomic E-state index is -0.984. The molecule has 0 saturated carbocycles. The second kappa shape index (κ2) is 5.46. The molecule has 1 unspecified atom stereocenters. The van der Waals surface area contributed by atoms with Crippen molar-refractivity contribution >= 4 is 11.9 Å². The van der Waals surface area contributed by atoms with Crippen LogP contribution in [0.15, 0.2) is 0 Å². The van der Waals surface area contributed by atoms with Crippen LogP contribution in [-0.2, 0) is 14.3 Å². The van der Waals surface area contributed by atoms with Crippen LogP contribution in [0.5, 0.6) is 0 Å². The van der Waals surface area contributed by atoms with Crippen molar-refractivity contribution in [1.82, 2.24) is 10.2 Å². The van der Waals surface area contributed by atoms with Gasteiger partial charge in [-0.3, -0.25) is 4.79 Å². The van der Waals surface area contributed by atoms with E-state index in [0.29, 0.717) is 19.7 Å². The smallest absolute Gasteiger partial charge is 0.328 e. The monoisotopic (exact) mass is 242 g/mol. The average Bonchev–Trinajstić information content (AvgIpc) is 2.39. The summed E-state index contributed by atoms with van der Waals surface area (Å²) in [7, 11) is 0. The summed E-state index contributed by atoms with van der Waals surface area (Å²) in [5.41, 5.74) is 0. The lowest BCUT2D eigenvalue weighted by Crippen LogP contribution is -2.55. The number of aliphatic carboxylic acids is 1. The summed E-state index contributed by atoms with van der Waals surface area (Å²) in [6.45, 7) is 2.50. The Bertz CT molecular complexity index is 302. The van der Waals surface area contributed by atoms with Crippen molar-refractivity contribution in [2.75, 3.05) is 32.8 Å². The second-order valence-corrected chi connectivity index (χ2v) is 4.50. The lowest BCUT2D eigenvalue weighted by molar-refractivity contribution is -0.160. The minimum absolute atomic E-state index is 0.0482. The second-order valence-electron chi connectivity index (χ2n) is 4.50. The van der Waals surface area contributed by atoms with Gasteiger partial charge in [-0.2, -0.15) is 0 Å². The number of hydrogen-bond donors (Lipinski definition) is 2. The van der Waals surface area contributed by atoms with Gasteiger partial charge in [0, 0.05) is 13.1 Å². The van der Waals surface area contributed by atoms with Crippen molar-refractivity contribution in [3.63, 3.8) is 0 Å². The molecule has 96 valence electrons. The van der Waals surface area contributed by atoms with E-state index in [0.717, 1.165) is 19.4 Å². The fraction of sp³-hybridized carbons (Fsp3) is 0.818. The molecular weight excluding hydrogens is 224 g/mol. The van der Waals surface area contributed by atoms with E-state index in [1.807, 2.05) is 0 Å². The topological polar surface area (TPSA) is 78.9 Å². The zero-order valence-electron chi connectivity index (χ0n) is 9.72. The maximum Gasteiger partial charge on any atom is 0.328 e. The maximum atomic E-state index is 12.2. The molecule has 0 aromatic rings. The Morgan fingerprint density at radius 1 is 1.41 bits per heavy atom. The van der Waals surface area contributed by atoms with E-state index in [9.17, 15) is 9.59 Å². The van der Waals surface area contributed by atoms with Gasteiger partial charge in [0.1, 0.15) is 0 Å². The number of carbonyl (C=O) groups excluding carboxylic acids is 1. The van der Waals surface area contributed by atoms with E-state index in [2.05, 4.69) is 5.32 Å². The number of amides is 1.